The van der Waals surface area contributed by atoms with Crippen molar-refractivity contribution in [3.05, 3.63) is 386 Å². The number of rotatable bonds is 8. The van der Waals surface area contributed by atoms with E-state index in [1.807, 2.05) is 229 Å². The Morgan fingerprint density at radius 1 is 0.234 bits per heavy atom. The molecule has 4 nitrogen and oxygen atoms in total. The first-order chi connectivity index (χ1) is 61.6. The molecule has 18 aromatic rings. The van der Waals surface area contributed by atoms with Crippen LogP contribution in [0.4, 0.5) is 0 Å². The van der Waals surface area contributed by atoms with Crippen LogP contribution in [0.5, 0.6) is 0 Å². The van der Waals surface area contributed by atoms with Crippen LogP contribution in [0.2, 0.25) is 0 Å². The van der Waals surface area contributed by atoms with Gasteiger partial charge in [-0.2, -0.15) is 0 Å². The first kappa shape index (κ1) is 53.9. The average molecular weight is 1480 g/mol. The van der Waals surface area contributed by atoms with Gasteiger partial charge in [0.2, 0.25) is 0 Å². The lowest BCUT2D eigenvalue weighted by molar-refractivity contribution is 0.590. The third-order valence-electron chi connectivity index (χ3n) is 20.6. The van der Waals surface area contributed by atoms with Crippen LogP contribution in [0.25, 0.3) is 98.7 Å². The molecule has 0 N–H and O–H groups in total. The second-order valence-electron chi connectivity index (χ2n) is 33.6. The van der Waals surface area contributed by atoms with Crippen LogP contribution in [-0.2, 0) is 27.1 Å². The Morgan fingerprint density at radius 2 is 0.523 bits per heavy atom. The lowest BCUT2D eigenvalue weighted by Crippen LogP contribution is -2.74. The lowest BCUT2D eigenvalue weighted by atomic mass is 9.87. The summed E-state index contributed by atoms with van der Waals surface area (Å²) >= 11 is 0. The highest BCUT2D eigenvalue weighted by Crippen LogP contribution is 2.41. The topological polar surface area (TPSA) is 19.7 Å². The zero-order valence-corrected chi connectivity index (χ0v) is 66.8. The van der Waals surface area contributed by atoms with Crippen molar-refractivity contribution >= 4 is 105 Å². The van der Waals surface area contributed by atoms with Crippen LogP contribution in [0.15, 0.2) is 358 Å². The van der Waals surface area contributed by atoms with Crippen molar-refractivity contribution in [2.75, 3.05) is 0 Å². The summed E-state index contributed by atoms with van der Waals surface area (Å²) < 4.78 is 178. The van der Waals surface area contributed by atoms with Crippen molar-refractivity contribution in [3.63, 3.8) is 0 Å². The maximum atomic E-state index is 9.26. The smallest absolute Gasteiger partial charge is 0.179 e. The maximum Gasteiger partial charge on any atom is 0.179 e. The minimum Gasteiger partial charge on any atom is -0.316 e. The fourth-order valence-electron chi connectivity index (χ4n) is 15.0. The van der Waals surface area contributed by atoms with E-state index in [0.717, 1.165) is 49.3 Å². The van der Waals surface area contributed by atoms with E-state index >= 15 is 0 Å². The van der Waals surface area contributed by atoms with Gasteiger partial charge in [0, 0.05) is 74.1 Å². The van der Waals surface area contributed by atoms with Crippen LogP contribution in [-0.4, -0.2) is 26.3 Å². The minimum atomic E-state index is -2.73. The fourth-order valence-corrected chi connectivity index (χ4v) is 19.8. The average Bonchev–Trinajstić information content (AvgIpc) is 1.08. The molecule has 18 rings (SSSR count). The molecule has 0 unspecified atom stereocenters. The summed E-state index contributed by atoms with van der Waals surface area (Å²) in [4.78, 5) is 0. The lowest BCUT2D eigenvalue weighted by Gasteiger charge is -2.34. The number of fused-ring (bicyclic) bond motifs is 7. The van der Waals surface area contributed by atoms with E-state index in [1.165, 1.54) is 20.7 Å². The van der Waals surface area contributed by atoms with Crippen molar-refractivity contribution in [3.8, 4) is 22.7 Å². The van der Waals surface area contributed by atoms with Crippen LogP contribution in [0.1, 0.15) is 159 Å². The van der Waals surface area contributed by atoms with Crippen molar-refractivity contribution in [2.24, 2.45) is 0 Å². The zero-order valence-electron chi connectivity index (χ0n) is 85.8. The molecule has 0 aliphatic carbocycles. The van der Waals surface area contributed by atoms with E-state index in [1.54, 1.807) is 18.3 Å². The normalized spacial score (nSPS) is 14.8. The molecule has 4 heterocycles. The van der Waals surface area contributed by atoms with E-state index in [4.69, 9.17) is 24.7 Å². The maximum absolute atomic E-state index is 9.26. The number of benzene rings is 14. The zero-order chi connectivity index (χ0) is 95.0. The molecule has 0 spiro atoms. The number of para-hydroxylation sites is 4. The monoisotopic (exact) mass is 1480 g/mol. The Balaban J connectivity index is 0.000000136. The van der Waals surface area contributed by atoms with E-state index in [0.29, 0.717) is 77.2 Å². The molecule has 552 valence electrons. The summed E-state index contributed by atoms with van der Waals surface area (Å²) in [5.41, 5.74) is 6.10. The highest BCUT2D eigenvalue weighted by atomic mass is 28.3. The predicted molar refractivity (Wildman–Crippen MR) is 483 cm³/mol. The van der Waals surface area contributed by atoms with Gasteiger partial charge in [-0.3, -0.25) is 0 Å². The van der Waals surface area contributed by atoms with E-state index in [9.17, 15) is 2.74 Å². The van der Waals surface area contributed by atoms with Crippen LogP contribution in [0, 0.1) is 0 Å². The van der Waals surface area contributed by atoms with Gasteiger partial charge in [0.25, 0.3) is 0 Å². The second-order valence-corrected chi connectivity index (χ2v) is 37.4. The standard InChI is InChI=1S/C36H33NSi.C26H23N.C22H21N.C22H27N/c1-36(2,3)34-27-37(35-22-14-13-21-33(34)35)28-23-25-32(26-24-28)38(29-15-7-4-8-16-29,30-17-9-5-10-18-30)31-19-11-6-12-20-31;1-26(2,3)23-17-27(24-15-9-8-14-22(23)24)25-20-12-6-4-10-18(20)16-19-11-5-7-13-21(19)25;1-22(2,3)20-15-23(21-11-7-6-10-19(20)21)18-13-12-16-8-4-5-9-17(16)14-18;1-21(2,3)16-11-13-17(14-12-16)23-15-19(22(4,5)6)18-9-7-8-10-20(18)23/h4-27H,1-3H3;4-17H,1-3H3;4-15H,1-3H3;7-15H,1-6H3/i13D,14D,21D,22D,27D;8D,9D,14D,15D,17D;6D,7D,10D,11D,15D;7D,8D,9D,10D,15D. The molecule has 0 aliphatic heterocycles. The van der Waals surface area contributed by atoms with Gasteiger partial charge in [-0.25, -0.2) is 0 Å². The van der Waals surface area contributed by atoms with Gasteiger partial charge in [-0.15, -0.1) is 0 Å². The summed E-state index contributed by atoms with van der Waals surface area (Å²) in [7, 11) is -2.73. The third-order valence-corrected chi connectivity index (χ3v) is 25.4. The van der Waals surface area contributed by atoms with Crippen molar-refractivity contribution in [1.82, 2.24) is 18.3 Å². The third kappa shape index (κ3) is 14.8. The van der Waals surface area contributed by atoms with Gasteiger partial charge in [0.05, 0.1) is 55.2 Å². The molecule has 0 amide bonds. The Morgan fingerprint density at radius 3 is 0.892 bits per heavy atom. The minimum absolute atomic E-state index is 0.00104. The molecular formula is C106H104N4Si. The van der Waals surface area contributed by atoms with Crippen molar-refractivity contribution < 1.29 is 27.4 Å². The first-order valence-corrected chi connectivity index (χ1v) is 39.9. The number of hydrogen-bond acceptors (Lipinski definition) is 0. The molecule has 0 aliphatic rings. The van der Waals surface area contributed by atoms with Crippen LogP contribution in [0.3, 0.4) is 0 Å². The molecule has 0 fully saturated rings. The molecule has 0 radical (unpaired) electrons. The summed E-state index contributed by atoms with van der Waals surface area (Å²) in [5, 5.41) is 12.6. The quantitative estimate of drug-likeness (QED) is 0.0821. The molecule has 5 heteroatoms. The molecule has 0 saturated carbocycles. The van der Waals surface area contributed by atoms with E-state index in [-0.39, 0.29) is 127 Å². The van der Waals surface area contributed by atoms with Crippen molar-refractivity contribution in [1.29, 1.82) is 0 Å². The SMILES string of the molecule is [2H]c1c([2H])c([2H])c2c(c1[2H])c(C(C)(C)C)c([2H])n2-c1c2ccccc2cc2ccccc12.[2H]c1c([2H])c([2H])c2c(c1[2H])c(C(C)(C)C)c([2H])n2-c1ccc(C(C)(C)C)cc1.[2H]c1c([2H])c([2H])c2c(c1[2H])c(C(C)(C)C)c([2H])n2-c1ccc([Si](c2ccccc2)(c2ccccc2)c2ccccc2)cc1.[2H]c1c([2H])c([2H])c2c(c1[2H])c(C(C)(C)C)c([2H])n2-c1ccc2ccccc2c1. The molecule has 111 heavy (non-hydrogen) atoms. The van der Waals surface area contributed by atoms with Gasteiger partial charge in [-0.05, 0) is 164 Å². The molecular weight excluding hydrogens is 1360 g/mol. The molecule has 0 bridgehead atoms. The Kier molecular flexibility index (Phi) is 14.5. The van der Waals surface area contributed by atoms with Crippen LogP contribution < -0.4 is 20.7 Å². The van der Waals surface area contributed by atoms with Gasteiger partial charge >= 0.3 is 0 Å². The molecule has 0 saturated heterocycles. The number of hydrogen-bond donors (Lipinski definition) is 0. The summed E-state index contributed by atoms with van der Waals surface area (Å²) in [6, 6.07) is 76.9. The highest BCUT2D eigenvalue weighted by Gasteiger charge is 2.41. The Labute approximate surface area is 686 Å². The molecule has 14 aromatic carbocycles. The Hall–Kier alpha value is -11.8. The van der Waals surface area contributed by atoms with Gasteiger partial charge < -0.3 is 18.3 Å². The predicted octanol–water partition coefficient (Wildman–Crippen LogP) is 25.8. The van der Waals surface area contributed by atoms with E-state index < -0.39 is 29.7 Å². The number of aromatic nitrogens is 4. The summed E-state index contributed by atoms with van der Waals surface area (Å²) in [5.74, 6) is 0. The molecule has 0 atom stereocenters. The van der Waals surface area contributed by atoms with Gasteiger partial charge in [0.15, 0.2) is 8.07 Å². The van der Waals surface area contributed by atoms with Gasteiger partial charge in [0.1, 0.15) is 0 Å². The Bertz CT molecular complexity index is 7420. The highest BCUT2D eigenvalue weighted by molar-refractivity contribution is 7.19. The second kappa shape index (κ2) is 29.9. The van der Waals surface area contributed by atoms with E-state index in [2.05, 4.69) is 112 Å². The number of nitrogens with zero attached hydrogens (tertiary/aromatic N) is 4. The molecule has 4 aromatic heterocycles. The first-order valence-electron chi connectivity index (χ1n) is 47.9. The largest absolute Gasteiger partial charge is 0.316 e. The summed E-state index contributed by atoms with van der Waals surface area (Å²) in [6.07, 6.45) is 0.781. The van der Waals surface area contributed by atoms with Crippen LogP contribution >= 0.6 is 0 Å². The van der Waals surface area contributed by atoms with Crippen molar-refractivity contribution in [2.45, 2.75) is 131 Å². The summed E-state index contributed by atoms with van der Waals surface area (Å²) in [6.45, 7) is 30.1. The fraction of sp³-hybridized carbons (Fsp3) is 0.189. The van der Waals surface area contributed by atoms with Gasteiger partial charge in [-0.1, -0.05) is 370 Å².